The van der Waals surface area contributed by atoms with E-state index in [0.717, 1.165) is 29.7 Å². The van der Waals surface area contributed by atoms with Crippen LogP contribution in [0, 0.1) is 12.8 Å². The highest BCUT2D eigenvalue weighted by Gasteiger charge is 2.25. The van der Waals surface area contributed by atoms with Crippen molar-refractivity contribution >= 4 is 34.5 Å². The number of rotatable bonds is 9. The highest BCUT2D eigenvalue weighted by molar-refractivity contribution is 5.95. The Morgan fingerprint density at radius 1 is 1.33 bits per heavy atom. The molecule has 4 heterocycles. The van der Waals surface area contributed by atoms with Crippen molar-refractivity contribution in [2.75, 3.05) is 36.9 Å². The van der Waals surface area contributed by atoms with Gasteiger partial charge in [-0.25, -0.2) is 9.97 Å². The van der Waals surface area contributed by atoms with Crippen molar-refractivity contribution in [2.24, 2.45) is 5.92 Å². The lowest BCUT2D eigenvalue weighted by atomic mass is 10.1. The zero-order chi connectivity index (χ0) is 23.4. The van der Waals surface area contributed by atoms with Crippen LogP contribution in [-0.4, -0.2) is 56.9 Å². The lowest BCUT2D eigenvalue weighted by Gasteiger charge is -2.13. The largest absolute Gasteiger partial charge is 0.380 e. The van der Waals surface area contributed by atoms with Gasteiger partial charge in [0.1, 0.15) is 16.9 Å². The molecule has 1 saturated heterocycles. The SMILES string of the molecule is CCOCCn1nc(C(C)C)c2nc(NC(=O)[C@H]3CCNC3)nc(Nc3ccc(C)cn3)c21. The number of hydrogen-bond donors (Lipinski definition) is 3. The predicted molar refractivity (Wildman–Crippen MR) is 128 cm³/mol. The minimum atomic E-state index is -0.0852. The molecule has 0 aliphatic carbocycles. The first kappa shape index (κ1) is 23.1. The summed E-state index contributed by atoms with van der Waals surface area (Å²) in [5, 5.41) is 14.3. The van der Waals surface area contributed by atoms with E-state index < -0.39 is 0 Å². The van der Waals surface area contributed by atoms with Gasteiger partial charge in [-0.3, -0.25) is 14.8 Å². The van der Waals surface area contributed by atoms with Gasteiger partial charge in [-0.2, -0.15) is 10.1 Å². The average Bonchev–Trinajstić information content (AvgIpc) is 3.44. The van der Waals surface area contributed by atoms with Gasteiger partial charge in [0.2, 0.25) is 11.9 Å². The Labute approximate surface area is 193 Å². The van der Waals surface area contributed by atoms with Gasteiger partial charge < -0.3 is 15.4 Å². The van der Waals surface area contributed by atoms with Crippen LogP contribution >= 0.6 is 0 Å². The fraction of sp³-hybridized carbons (Fsp3) is 0.522. The van der Waals surface area contributed by atoms with Gasteiger partial charge in [0.05, 0.1) is 24.8 Å². The highest BCUT2D eigenvalue weighted by atomic mass is 16.5. The second-order valence-electron chi connectivity index (χ2n) is 8.58. The summed E-state index contributed by atoms with van der Waals surface area (Å²) >= 11 is 0. The number of ether oxygens (including phenoxy) is 1. The number of pyridine rings is 1. The quantitative estimate of drug-likeness (QED) is 0.424. The topological polar surface area (TPSA) is 119 Å². The van der Waals surface area contributed by atoms with Crippen LogP contribution in [0.25, 0.3) is 11.0 Å². The van der Waals surface area contributed by atoms with Gasteiger partial charge in [-0.15, -0.1) is 0 Å². The number of fused-ring (bicyclic) bond motifs is 1. The fourth-order valence-electron chi connectivity index (χ4n) is 3.85. The number of amides is 1. The molecule has 10 nitrogen and oxygen atoms in total. The molecule has 1 atom stereocenters. The first-order chi connectivity index (χ1) is 16.0. The van der Waals surface area contributed by atoms with Crippen molar-refractivity contribution in [1.29, 1.82) is 0 Å². The molecular weight excluding hydrogens is 420 g/mol. The highest BCUT2D eigenvalue weighted by Crippen LogP contribution is 2.30. The Hall–Kier alpha value is -3.11. The maximum Gasteiger partial charge on any atom is 0.232 e. The van der Waals surface area contributed by atoms with E-state index in [9.17, 15) is 4.79 Å². The summed E-state index contributed by atoms with van der Waals surface area (Å²) in [6.07, 6.45) is 2.60. The number of aromatic nitrogens is 5. The van der Waals surface area contributed by atoms with Crippen molar-refractivity contribution in [3.8, 4) is 0 Å². The third-order valence-electron chi connectivity index (χ3n) is 5.64. The summed E-state index contributed by atoms with van der Waals surface area (Å²) < 4.78 is 7.44. The van der Waals surface area contributed by atoms with Gasteiger partial charge in [-0.1, -0.05) is 19.9 Å². The van der Waals surface area contributed by atoms with Crippen LogP contribution in [0.4, 0.5) is 17.6 Å². The van der Waals surface area contributed by atoms with E-state index in [-0.39, 0.29) is 23.7 Å². The summed E-state index contributed by atoms with van der Waals surface area (Å²) in [5.74, 6) is 1.45. The second kappa shape index (κ2) is 10.2. The van der Waals surface area contributed by atoms with Gasteiger partial charge in [0.25, 0.3) is 0 Å². The molecule has 0 bridgehead atoms. The molecule has 10 heteroatoms. The lowest BCUT2D eigenvalue weighted by Crippen LogP contribution is -2.25. The van der Waals surface area contributed by atoms with Crippen LogP contribution in [0.1, 0.15) is 44.4 Å². The fourth-order valence-corrected chi connectivity index (χ4v) is 3.85. The number of nitrogens with one attached hydrogen (secondary N) is 3. The van der Waals surface area contributed by atoms with Crippen LogP contribution in [0.3, 0.4) is 0 Å². The summed E-state index contributed by atoms with van der Waals surface area (Å²) in [6, 6.07) is 3.88. The molecule has 0 saturated carbocycles. The number of carbonyl (C=O) groups is 1. The Bertz CT molecular complexity index is 1100. The monoisotopic (exact) mass is 452 g/mol. The minimum Gasteiger partial charge on any atom is -0.380 e. The van der Waals surface area contributed by atoms with Crippen molar-refractivity contribution < 1.29 is 9.53 Å². The molecule has 4 rings (SSSR count). The first-order valence-corrected chi connectivity index (χ1v) is 11.5. The average molecular weight is 453 g/mol. The van der Waals surface area contributed by atoms with Crippen LogP contribution in [0.2, 0.25) is 0 Å². The van der Waals surface area contributed by atoms with Gasteiger partial charge in [0, 0.05) is 19.3 Å². The third-order valence-corrected chi connectivity index (χ3v) is 5.64. The minimum absolute atomic E-state index is 0.0754. The van der Waals surface area contributed by atoms with Crippen molar-refractivity contribution in [3.63, 3.8) is 0 Å². The smallest absolute Gasteiger partial charge is 0.232 e. The zero-order valence-corrected chi connectivity index (χ0v) is 19.7. The van der Waals surface area contributed by atoms with E-state index >= 15 is 0 Å². The normalized spacial score (nSPS) is 16.0. The van der Waals surface area contributed by atoms with Gasteiger partial charge in [0.15, 0.2) is 5.82 Å². The maximum absolute atomic E-state index is 12.8. The number of aryl methyl sites for hydroxylation is 1. The molecule has 1 aliphatic heterocycles. The van der Waals surface area contributed by atoms with Crippen LogP contribution < -0.4 is 16.0 Å². The van der Waals surface area contributed by atoms with Crippen LogP contribution in [0.15, 0.2) is 18.3 Å². The molecule has 3 aromatic heterocycles. The molecule has 0 unspecified atom stereocenters. The van der Waals surface area contributed by atoms with E-state index in [0.29, 0.717) is 43.5 Å². The van der Waals surface area contributed by atoms with E-state index in [4.69, 9.17) is 14.8 Å². The number of anilines is 3. The first-order valence-electron chi connectivity index (χ1n) is 11.5. The molecule has 1 fully saturated rings. The standard InChI is InChI=1S/C23H32N8O2/c1-5-33-11-10-31-20-19(18(30-31)14(2)3)27-23(29-22(32)16-8-9-24-13-16)28-21(20)26-17-7-6-15(4)12-25-17/h6-7,12,14,16,24H,5,8-11,13H2,1-4H3,(H2,25,26,27,28,29,32)/t16-/m0/s1. The van der Waals surface area contributed by atoms with Gasteiger partial charge >= 0.3 is 0 Å². The predicted octanol–water partition coefficient (Wildman–Crippen LogP) is 2.98. The van der Waals surface area contributed by atoms with E-state index in [1.165, 1.54) is 0 Å². The zero-order valence-electron chi connectivity index (χ0n) is 19.7. The number of carbonyl (C=O) groups excluding carboxylic acids is 1. The van der Waals surface area contributed by atoms with E-state index in [1.807, 2.05) is 30.7 Å². The summed E-state index contributed by atoms with van der Waals surface area (Å²) in [7, 11) is 0. The van der Waals surface area contributed by atoms with Crippen molar-refractivity contribution in [2.45, 2.75) is 46.6 Å². The molecule has 0 aromatic carbocycles. The Morgan fingerprint density at radius 2 is 2.18 bits per heavy atom. The molecule has 0 spiro atoms. The Kier molecular flexibility index (Phi) is 7.14. The molecular formula is C23H32N8O2. The second-order valence-corrected chi connectivity index (χ2v) is 8.58. The molecule has 1 aliphatic rings. The third kappa shape index (κ3) is 5.28. The summed E-state index contributed by atoms with van der Waals surface area (Å²) in [6.45, 7) is 11.3. The van der Waals surface area contributed by atoms with Gasteiger partial charge in [-0.05, 0) is 44.4 Å². The van der Waals surface area contributed by atoms with Crippen LogP contribution in [0.5, 0.6) is 0 Å². The summed E-state index contributed by atoms with van der Waals surface area (Å²) in [5.41, 5.74) is 3.39. The number of nitrogens with zero attached hydrogens (tertiary/aromatic N) is 5. The van der Waals surface area contributed by atoms with Crippen molar-refractivity contribution in [3.05, 3.63) is 29.6 Å². The molecule has 0 radical (unpaired) electrons. The molecule has 1 amide bonds. The molecule has 3 aromatic rings. The van der Waals surface area contributed by atoms with E-state index in [2.05, 4.69) is 39.8 Å². The Morgan fingerprint density at radius 3 is 2.85 bits per heavy atom. The molecule has 176 valence electrons. The van der Waals surface area contributed by atoms with Crippen LogP contribution in [-0.2, 0) is 16.1 Å². The number of hydrogen-bond acceptors (Lipinski definition) is 8. The molecule has 33 heavy (non-hydrogen) atoms. The summed E-state index contributed by atoms with van der Waals surface area (Å²) in [4.78, 5) is 26.6. The van der Waals surface area contributed by atoms with E-state index in [1.54, 1.807) is 6.20 Å². The Balaban J connectivity index is 1.77. The molecule has 3 N–H and O–H groups in total. The van der Waals surface area contributed by atoms with Crippen molar-refractivity contribution in [1.82, 2.24) is 30.0 Å². The lowest BCUT2D eigenvalue weighted by molar-refractivity contribution is -0.119. The maximum atomic E-state index is 12.8.